The molecule has 0 aromatic heterocycles. The molecule has 0 spiro atoms. The van der Waals surface area contributed by atoms with E-state index in [0.717, 1.165) is 0 Å². The van der Waals surface area contributed by atoms with Crippen molar-refractivity contribution in [2.24, 2.45) is 0 Å². The third-order valence-electron chi connectivity index (χ3n) is 2.20. The van der Waals surface area contributed by atoms with Crippen LogP contribution in [0.5, 0.6) is 5.75 Å². The second kappa shape index (κ2) is 2.88. The smallest absolute Gasteiger partial charge is 0.209 e. The summed E-state index contributed by atoms with van der Waals surface area (Å²) in [4.78, 5) is 11.8. The third kappa shape index (κ3) is 1.22. The van der Waals surface area contributed by atoms with Crippen molar-refractivity contribution in [2.45, 2.75) is 19.4 Å². The fraction of sp³-hybridized carbons (Fsp3) is 0.300. The quantitative estimate of drug-likeness (QED) is 0.684. The molecule has 14 heavy (non-hydrogen) atoms. The Hall–Kier alpha value is -0.730. The van der Waals surface area contributed by atoms with Gasteiger partial charge in [0.25, 0.3) is 0 Å². The molecule has 0 aliphatic carbocycles. The highest BCUT2D eigenvalue weighted by Gasteiger charge is 2.41. The van der Waals surface area contributed by atoms with Crippen LogP contribution in [0.2, 0.25) is 10.0 Å². The Balaban J connectivity index is 2.65. The van der Waals surface area contributed by atoms with E-state index in [1.165, 1.54) is 0 Å². The van der Waals surface area contributed by atoms with Crippen LogP contribution in [-0.2, 0) is 0 Å². The van der Waals surface area contributed by atoms with Crippen molar-refractivity contribution in [1.82, 2.24) is 0 Å². The van der Waals surface area contributed by atoms with Crippen LogP contribution in [0.15, 0.2) is 12.1 Å². The molecule has 1 heterocycles. The topological polar surface area (TPSA) is 26.3 Å². The van der Waals surface area contributed by atoms with Gasteiger partial charge in [0.2, 0.25) is 5.78 Å². The lowest BCUT2D eigenvalue weighted by atomic mass is 10.00. The minimum absolute atomic E-state index is 0.0638. The summed E-state index contributed by atoms with van der Waals surface area (Å²) in [5, 5.41) is 0.707. The van der Waals surface area contributed by atoms with E-state index in [9.17, 15) is 4.79 Å². The van der Waals surface area contributed by atoms with Gasteiger partial charge in [0.15, 0.2) is 11.4 Å². The van der Waals surface area contributed by atoms with Crippen LogP contribution in [0.3, 0.4) is 0 Å². The zero-order chi connectivity index (χ0) is 10.5. The Morgan fingerprint density at radius 2 is 1.93 bits per heavy atom. The predicted octanol–water partition coefficient (Wildman–Crippen LogP) is 3.35. The molecule has 1 aliphatic heterocycles. The maximum Gasteiger partial charge on any atom is 0.209 e. The SMILES string of the molecule is CC1(C)Oc2c(ccc(Cl)c2Cl)C1=O. The van der Waals surface area contributed by atoms with Crippen molar-refractivity contribution in [1.29, 1.82) is 0 Å². The van der Waals surface area contributed by atoms with Gasteiger partial charge in [-0.05, 0) is 26.0 Å². The molecule has 0 bridgehead atoms. The number of carbonyl (C=O) groups excluding carboxylic acids is 1. The molecule has 2 rings (SSSR count). The van der Waals surface area contributed by atoms with E-state index in [1.54, 1.807) is 26.0 Å². The molecule has 0 saturated heterocycles. The van der Waals surface area contributed by atoms with Crippen LogP contribution >= 0.6 is 23.2 Å². The van der Waals surface area contributed by atoms with E-state index in [4.69, 9.17) is 27.9 Å². The Morgan fingerprint density at radius 1 is 1.29 bits per heavy atom. The van der Waals surface area contributed by atoms with Crippen LogP contribution in [0.25, 0.3) is 0 Å². The number of carbonyl (C=O) groups is 1. The number of hydrogen-bond donors (Lipinski definition) is 0. The van der Waals surface area contributed by atoms with Gasteiger partial charge in [0, 0.05) is 0 Å². The number of hydrogen-bond acceptors (Lipinski definition) is 2. The molecule has 0 fully saturated rings. The molecule has 4 heteroatoms. The second-order valence-corrected chi connectivity index (χ2v) is 4.46. The molecule has 0 radical (unpaired) electrons. The normalized spacial score (nSPS) is 17.9. The molecule has 74 valence electrons. The minimum Gasteiger partial charge on any atom is -0.477 e. The van der Waals surface area contributed by atoms with E-state index in [0.29, 0.717) is 21.4 Å². The van der Waals surface area contributed by atoms with E-state index < -0.39 is 5.60 Å². The standard InChI is InChI=1S/C10H8Cl2O2/c1-10(2)9(13)5-3-4-6(11)7(12)8(5)14-10/h3-4H,1-2H3. The van der Waals surface area contributed by atoms with E-state index in [1.807, 2.05) is 0 Å². The highest BCUT2D eigenvalue weighted by atomic mass is 35.5. The number of ketones is 1. The minimum atomic E-state index is -0.837. The van der Waals surface area contributed by atoms with Gasteiger partial charge in [-0.3, -0.25) is 4.79 Å². The molecule has 0 N–H and O–H groups in total. The van der Waals surface area contributed by atoms with Crippen LogP contribution in [0, 0.1) is 0 Å². The lowest BCUT2D eigenvalue weighted by Gasteiger charge is -2.15. The molecule has 0 unspecified atom stereocenters. The van der Waals surface area contributed by atoms with Gasteiger partial charge in [-0.25, -0.2) is 0 Å². The van der Waals surface area contributed by atoms with E-state index in [2.05, 4.69) is 0 Å². The highest BCUT2D eigenvalue weighted by Crippen LogP contribution is 2.43. The number of ether oxygens (including phenoxy) is 1. The summed E-state index contributed by atoms with van der Waals surface area (Å²) in [6, 6.07) is 3.24. The highest BCUT2D eigenvalue weighted by molar-refractivity contribution is 6.43. The van der Waals surface area contributed by atoms with Gasteiger partial charge in [0.05, 0.1) is 10.6 Å². The number of Topliss-reactive ketones (excluding diaryl/α,β-unsaturated/α-hetero) is 1. The van der Waals surface area contributed by atoms with Gasteiger partial charge >= 0.3 is 0 Å². The monoisotopic (exact) mass is 230 g/mol. The Kier molecular flexibility index (Phi) is 2.02. The molecular weight excluding hydrogens is 223 g/mol. The maximum absolute atomic E-state index is 11.8. The Bertz CT molecular complexity index is 424. The Labute approximate surface area is 91.8 Å². The summed E-state index contributed by atoms with van der Waals surface area (Å²) in [6.45, 7) is 3.42. The fourth-order valence-electron chi connectivity index (χ4n) is 1.44. The van der Waals surface area contributed by atoms with Crippen molar-refractivity contribution in [2.75, 3.05) is 0 Å². The first kappa shape index (κ1) is 9.81. The van der Waals surface area contributed by atoms with E-state index >= 15 is 0 Å². The number of rotatable bonds is 0. The third-order valence-corrected chi connectivity index (χ3v) is 2.99. The molecule has 0 saturated carbocycles. The molecule has 0 atom stereocenters. The van der Waals surface area contributed by atoms with Gasteiger partial charge in [0.1, 0.15) is 5.02 Å². The van der Waals surface area contributed by atoms with Crippen LogP contribution in [0.1, 0.15) is 24.2 Å². The summed E-state index contributed by atoms with van der Waals surface area (Å²) < 4.78 is 5.45. The summed E-state index contributed by atoms with van der Waals surface area (Å²) >= 11 is 11.7. The molecule has 1 aromatic rings. The summed E-state index contributed by atoms with van der Waals surface area (Å²) in [5.41, 5.74) is -0.333. The van der Waals surface area contributed by atoms with Gasteiger partial charge < -0.3 is 4.74 Å². The number of halogens is 2. The van der Waals surface area contributed by atoms with Crippen LogP contribution in [-0.4, -0.2) is 11.4 Å². The number of fused-ring (bicyclic) bond motifs is 1. The first-order valence-corrected chi connectivity index (χ1v) is 4.91. The number of benzene rings is 1. The zero-order valence-corrected chi connectivity index (χ0v) is 9.24. The lowest BCUT2D eigenvalue weighted by molar-refractivity contribution is 0.0684. The lowest BCUT2D eigenvalue weighted by Crippen LogP contribution is -2.31. The average Bonchev–Trinajstić information content (AvgIpc) is 2.33. The first-order valence-electron chi connectivity index (χ1n) is 4.15. The Morgan fingerprint density at radius 3 is 2.57 bits per heavy atom. The van der Waals surface area contributed by atoms with Gasteiger partial charge in [-0.2, -0.15) is 0 Å². The van der Waals surface area contributed by atoms with Crippen molar-refractivity contribution in [3.05, 3.63) is 27.7 Å². The van der Waals surface area contributed by atoms with Crippen LogP contribution < -0.4 is 4.74 Å². The molecular formula is C10H8Cl2O2. The van der Waals surface area contributed by atoms with Gasteiger partial charge in [-0.1, -0.05) is 23.2 Å². The second-order valence-electron chi connectivity index (χ2n) is 3.68. The molecule has 0 amide bonds. The van der Waals surface area contributed by atoms with E-state index in [-0.39, 0.29) is 5.78 Å². The molecule has 1 aliphatic rings. The van der Waals surface area contributed by atoms with Gasteiger partial charge in [-0.15, -0.1) is 0 Å². The van der Waals surface area contributed by atoms with Crippen molar-refractivity contribution in [3.63, 3.8) is 0 Å². The largest absolute Gasteiger partial charge is 0.477 e. The van der Waals surface area contributed by atoms with Crippen LogP contribution in [0.4, 0.5) is 0 Å². The average molecular weight is 231 g/mol. The van der Waals surface area contributed by atoms with Crippen molar-refractivity contribution in [3.8, 4) is 5.75 Å². The maximum atomic E-state index is 11.8. The fourth-order valence-corrected chi connectivity index (χ4v) is 1.79. The van der Waals surface area contributed by atoms with Crippen molar-refractivity contribution < 1.29 is 9.53 Å². The summed E-state index contributed by atoms with van der Waals surface area (Å²) in [5.74, 6) is 0.334. The summed E-state index contributed by atoms with van der Waals surface area (Å²) in [7, 11) is 0. The zero-order valence-electron chi connectivity index (χ0n) is 7.73. The molecule has 1 aromatic carbocycles. The van der Waals surface area contributed by atoms with Crippen molar-refractivity contribution >= 4 is 29.0 Å². The molecule has 2 nitrogen and oxygen atoms in total. The predicted molar refractivity (Wildman–Crippen MR) is 55.5 cm³/mol. The first-order chi connectivity index (χ1) is 6.43. The summed E-state index contributed by atoms with van der Waals surface area (Å²) in [6.07, 6.45) is 0.